The number of nitrogens with zero attached hydrogens (tertiary/aromatic N) is 2. The summed E-state index contributed by atoms with van der Waals surface area (Å²) in [6.07, 6.45) is 1.58. The third-order valence-corrected chi connectivity index (χ3v) is 4.61. The molecular formula is C15H19BrClN3O. The van der Waals surface area contributed by atoms with Crippen molar-refractivity contribution < 1.29 is 4.74 Å². The predicted octanol–water partition coefficient (Wildman–Crippen LogP) is 3.48. The van der Waals surface area contributed by atoms with Crippen LogP contribution < -0.4 is 10.5 Å². The van der Waals surface area contributed by atoms with Crippen molar-refractivity contribution in [1.29, 1.82) is 0 Å². The van der Waals surface area contributed by atoms with E-state index in [9.17, 15) is 0 Å². The van der Waals surface area contributed by atoms with E-state index in [0.717, 1.165) is 33.6 Å². The molecule has 1 heterocycles. The molecular weight excluding hydrogens is 354 g/mol. The van der Waals surface area contributed by atoms with Crippen LogP contribution in [0.1, 0.15) is 23.9 Å². The zero-order valence-electron chi connectivity index (χ0n) is 12.2. The Morgan fingerprint density at radius 2 is 2.19 bits per heavy atom. The lowest BCUT2D eigenvalue weighted by Crippen LogP contribution is -2.08. The molecule has 4 nitrogen and oxygen atoms in total. The number of ether oxygens (including phenoxy) is 1. The van der Waals surface area contributed by atoms with Crippen LogP contribution in [0.15, 0.2) is 22.7 Å². The number of aryl methyl sites for hydroxylation is 2. The summed E-state index contributed by atoms with van der Waals surface area (Å²) in [5.41, 5.74) is 8.63. The standard InChI is InChI=1S/C15H19BrClN3O/c1-3-12-15(16)13(20(2)19-12)9-21-14-6-4-5-11(17)10(14)7-8-18/h4-6H,3,7-9,18H2,1-2H3. The Hall–Kier alpha value is -1.04. The van der Waals surface area contributed by atoms with Crippen molar-refractivity contribution >= 4 is 27.5 Å². The molecule has 2 aromatic rings. The van der Waals surface area contributed by atoms with Gasteiger partial charge in [0.1, 0.15) is 12.4 Å². The zero-order chi connectivity index (χ0) is 15.4. The summed E-state index contributed by atoms with van der Waals surface area (Å²) in [5.74, 6) is 0.777. The summed E-state index contributed by atoms with van der Waals surface area (Å²) < 4.78 is 8.80. The molecule has 0 saturated carbocycles. The predicted molar refractivity (Wildman–Crippen MR) is 88.8 cm³/mol. The van der Waals surface area contributed by atoms with Gasteiger partial charge in [-0.1, -0.05) is 24.6 Å². The second-order valence-electron chi connectivity index (χ2n) is 4.73. The molecule has 0 unspecified atom stereocenters. The lowest BCUT2D eigenvalue weighted by Gasteiger charge is -2.13. The lowest BCUT2D eigenvalue weighted by molar-refractivity contribution is 0.291. The SMILES string of the molecule is CCc1nn(C)c(COc2cccc(Cl)c2CCN)c1Br. The van der Waals surface area contributed by atoms with E-state index in [1.165, 1.54) is 0 Å². The molecule has 0 aliphatic heterocycles. The molecule has 0 aliphatic carbocycles. The first-order valence-corrected chi connectivity index (χ1v) is 8.06. The summed E-state index contributed by atoms with van der Waals surface area (Å²) in [4.78, 5) is 0. The monoisotopic (exact) mass is 371 g/mol. The molecule has 2 rings (SSSR count). The summed E-state index contributed by atoms with van der Waals surface area (Å²) in [5, 5.41) is 5.15. The highest BCUT2D eigenvalue weighted by Gasteiger charge is 2.14. The van der Waals surface area contributed by atoms with Gasteiger partial charge in [0.25, 0.3) is 0 Å². The summed E-state index contributed by atoms with van der Waals surface area (Å²) in [6, 6.07) is 5.66. The Bertz CT molecular complexity index is 628. The van der Waals surface area contributed by atoms with E-state index in [1.54, 1.807) is 0 Å². The maximum Gasteiger partial charge on any atom is 0.131 e. The van der Waals surface area contributed by atoms with Crippen LogP contribution in [0.25, 0.3) is 0 Å². The number of rotatable bonds is 6. The highest BCUT2D eigenvalue weighted by atomic mass is 79.9. The van der Waals surface area contributed by atoms with Crippen LogP contribution in [0.2, 0.25) is 5.02 Å². The third-order valence-electron chi connectivity index (χ3n) is 3.34. The van der Waals surface area contributed by atoms with E-state index in [2.05, 4.69) is 28.0 Å². The van der Waals surface area contributed by atoms with E-state index in [0.29, 0.717) is 24.6 Å². The fourth-order valence-electron chi connectivity index (χ4n) is 2.18. The Morgan fingerprint density at radius 3 is 2.81 bits per heavy atom. The fourth-order valence-corrected chi connectivity index (χ4v) is 3.17. The van der Waals surface area contributed by atoms with Gasteiger partial charge in [-0.3, -0.25) is 4.68 Å². The maximum absolute atomic E-state index is 6.22. The van der Waals surface area contributed by atoms with Gasteiger partial charge in [0.15, 0.2) is 0 Å². The van der Waals surface area contributed by atoms with Gasteiger partial charge in [-0.15, -0.1) is 0 Å². The molecule has 0 amide bonds. The molecule has 1 aromatic heterocycles. The minimum Gasteiger partial charge on any atom is -0.487 e. The first-order chi connectivity index (χ1) is 10.1. The van der Waals surface area contributed by atoms with Crippen molar-refractivity contribution in [1.82, 2.24) is 9.78 Å². The van der Waals surface area contributed by atoms with E-state index in [1.807, 2.05) is 29.9 Å². The number of hydrogen-bond acceptors (Lipinski definition) is 3. The van der Waals surface area contributed by atoms with Gasteiger partial charge in [-0.25, -0.2) is 0 Å². The second kappa shape index (κ2) is 7.29. The third kappa shape index (κ3) is 3.59. The Morgan fingerprint density at radius 1 is 1.43 bits per heavy atom. The van der Waals surface area contributed by atoms with Gasteiger partial charge in [-0.2, -0.15) is 5.10 Å². The van der Waals surface area contributed by atoms with E-state index in [-0.39, 0.29) is 0 Å². The molecule has 0 fully saturated rings. The van der Waals surface area contributed by atoms with Crippen molar-refractivity contribution in [3.05, 3.63) is 44.6 Å². The van der Waals surface area contributed by atoms with Gasteiger partial charge < -0.3 is 10.5 Å². The Labute approximate surface area is 138 Å². The highest BCUT2D eigenvalue weighted by Crippen LogP contribution is 2.29. The molecule has 6 heteroatoms. The van der Waals surface area contributed by atoms with E-state index in [4.69, 9.17) is 22.1 Å². The average molecular weight is 373 g/mol. The minimum atomic E-state index is 0.433. The molecule has 0 atom stereocenters. The molecule has 21 heavy (non-hydrogen) atoms. The second-order valence-corrected chi connectivity index (χ2v) is 5.93. The number of nitrogens with two attached hydrogens (primary N) is 1. The van der Waals surface area contributed by atoms with Crippen molar-refractivity contribution in [3.63, 3.8) is 0 Å². The molecule has 0 spiro atoms. The van der Waals surface area contributed by atoms with Gasteiger partial charge >= 0.3 is 0 Å². The molecule has 0 bridgehead atoms. The maximum atomic E-state index is 6.22. The van der Waals surface area contributed by atoms with Crippen LogP contribution in [0, 0.1) is 0 Å². The van der Waals surface area contributed by atoms with Crippen LogP contribution in [0.5, 0.6) is 5.75 Å². The van der Waals surface area contributed by atoms with Gasteiger partial charge in [0, 0.05) is 17.6 Å². The fraction of sp³-hybridized carbons (Fsp3) is 0.400. The van der Waals surface area contributed by atoms with E-state index >= 15 is 0 Å². The average Bonchev–Trinajstić information content (AvgIpc) is 2.74. The van der Waals surface area contributed by atoms with Crippen molar-refractivity contribution in [2.75, 3.05) is 6.54 Å². The van der Waals surface area contributed by atoms with Crippen LogP contribution in [0.3, 0.4) is 0 Å². The van der Waals surface area contributed by atoms with Gasteiger partial charge in [-0.05, 0) is 47.4 Å². The zero-order valence-corrected chi connectivity index (χ0v) is 14.5. The van der Waals surface area contributed by atoms with Gasteiger partial charge in [0.05, 0.1) is 15.9 Å². The topological polar surface area (TPSA) is 53.1 Å². The van der Waals surface area contributed by atoms with Crippen LogP contribution in [0.4, 0.5) is 0 Å². The molecule has 2 N–H and O–H groups in total. The summed E-state index contributed by atoms with van der Waals surface area (Å²) >= 11 is 9.81. The molecule has 1 aromatic carbocycles. The number of aromatic nitrogens is 2. The number of benzene rings is 1. The van der Waals surface area contributed by atoms with Crippen molar-refractivity contribution in [3.8, 4) is 5.75 Å². The van der Waals surface area contributed by atoms with Crippen LogP contribution in [-0.4, -0.2) is 16.3 Å². The molecule has 0 radical (unpaired) electrons. The smallest absolute Gasteiger partial charge is 0.131 e. The van der Waals surface area contributed by atoms with Gasteiger partial charge in [0.2, 0.25) is 0 Å². The quantitative estimate of drug-likeness (QED) is 0.844. The largest absolute Gasteiger partial charge is 0.487 e. The molecule has 0 saturated heterocycles. The lowest BCUT2D eigenvalue weighted by atomic mass is 10.1. The summed E-state index contributed by atoms with van der Waals surface area (Å²) in [6.45, 7) is 3.05. The Balaban J connectivity index is 2.21. The number of hydrogen-bond donors (Lipinski definition) is 1. The van der Waals surface area contributed by atoms with Crippen molar-refractivity contribution in [2.24, 2.45) is 12.8 Å². The molecule has 0 aliphatic rings. The molecule has 114 valence electrons. The van der Waals surface area contributed by atoms with E-state index < -0.39 is 0 Å². The Kier molecular flexibility index (Phi) is 5.67. The van der Waals surface area contributed by atoms with Crippen molar-refractivity contribution in [2.45, 2.75) is 26.4 Å². The summed E-state index contributed by atoms with van der Waals surface area (Å²) in [7, 11) is 1.92. The van der Waals surface area contributed by atoms with Crippen LogP contribution >= 0.6 is 27.5 Å². The minimum absolute atomic E-state index is 0.433. The number of halogens is 2. The first-order valence-electron chi connectivity index (χ1n) is 6.89. The first kappa shape index (κ1) is 16.3. The highest BCUT2D eigenvalue weighted by molar-refractivity contribution is 9.10. The normalized spacial score (nSPS) is 10.9. The van der Waals surface area contributed by atoms with Crippen LogP contribution in [-0.2, 0) is 26.5 Å².